The number of ether oxygens (including phenoxy) is 2. The lowest BCUT2D eigenvalue weighted by molar-refractivity contribution is -0.121. The van der Waals surface area contributed by atoms with Gasteiger partial charge in [0.25, 0.3) is 5.56 Å². The van der Waals surface area contributed by atoms with Gasteiger partial charge in [0.05, 0.1) is 5.52 Å². The van der Waals surface area contributed by atoms with E-state index in [0.29, 0.717) is 33.9 Å². The number of para-hydroxylation sites is 1. The number of rotatable bonds is 9. The zero-order chi connectivity index (χ0) is 26.6. The molecule has 3 heterocycles. The Morgan fingerprint density at radius 1 is 1.03 bits per heavy atom. The van der Waals surface area contributed by atoms with E-state index < -0.39 is 11.2 Å². The first-order valence-electron chi connectivity index (χ1n) is 12.1. The molecule has 0 unspecified atom stereocenters. The number of carbonyl (C=O) groups is 2. The van der Waals surface area contributed by atoms with Crippen LogP contribution < -0.4 is 30.9 Å². The fourth-order valence-corrected chi connectivity index (χ4v) is 5.10. The van der Waals surface area contributed by atoms with Crippen molar-refractivity contribution in [3.8, 4) is 11.5 Å². The molecule has 0 atom stereocenters. The van der Waals surface area contributed by atoms with Gasteiger partial charge in [-0.1, -0.05) is 24.3 Å². The normalized spacial score (nSPS) is 12.0. The highest BCUT2D eigenvalue weighted by molar-refractivity contribution is 7.17. The summed E-state index contributed by atoms with van der Waals surface area (Å²) >= 11 is 1.22. The van der Waals surface area contributed by atoms with Crippen molar-refractivity contribution in [2.75, 3.05) is 18.7 Å². The molecule has 1 aliphatic rings. The van der Waals surface area contributed by atoms with Crippen molar-refractivity contribution >= 4 is 39.1 Å². The summed E-state index contributed by atoms with van der Waals surface area (Å²) in [5.41, 5.74) is 1.01. The molecule has 0 spiro atoms. The molecule has 196 valence electrons. The van der Waals surface area contributed by atoms with Gasteiger partial charge in [-0.25, -0.2) is 4.79 Å². The van der Waals surface area contributed by atoms with Gasteiger partial charge in [0.15, 0.2) is 11.5 Å². The fourth-order valence-electron chi connectivity index (χ4n) is 4.26. The lowest BCUT2D eigenvalue weighted by Crippen LogP contribution is -2.42. The number of benzene rings is 2. The van der Waals surface area contributed by atoms with Gasteiger partial charge in [-0.15, -0.1) is 11.3 Å². The predicted octanol–water partition coefficient (Wildman–Crippen LogP) is 2.71. The predicted molar refractivity (Wildman–Crippen MR) is 144 cm³/mol. The topological polar surface area (TPSA) is 112 Å². The van der Waals surface area contributed by atoms with Crippen molar-refractivity contribution in [3.63, 3.8) is 0 Å². The number of nitrogens with zero attached hydrogens (tertiary/aromatic N) is 3. The summed E-state index contributed by atoms with van der Waals surface area (Å²) in [7, 11) is 1.64. The molecule has 2 amide bonds. The van der Waals surface area contributed by atoms with Gasteiger partial charge in [-0.05, 0) is 47.7 Å². The minimum Gasteiger partial charge on any atom is -0.454 e. The highest BCUT2D eigenvalue weighted by atomic mass is 32.1. The van der Waals surface area contributed by atoms with E-state index in [-0.39, 0.29) is 44.5 Å². The molecule has 0 fully saturated rings. The Morgan fingerprint density at radius 3 is 2.63 bits per heavy atom. The van der Waals surface area contributed by atoms with Crippen molar-refractivity contribution < 1.29 is 19.1 Å². The maximum Gasteiger partial charge on any atom is 0.332 e. The van der Waals surface area contributed by atoms with Crippen LogP contribution in [0.2, 0.25) is 0 Å². The summed E-state index contributed by atoms with van der Waals surface area (Å²) < 4.78 is 13.5. The van der Waals surface area contributed by atoms with Crippen molar-refractivity contribution in [1.29, 1.82) is 0 Å². The third-order valence-electron chi connectivity index (χ3n) is 6.36. The molecule has 0 radical (unpaired) electrons. The molecule has 0 aliphatic carbocycles. The summed E-state index contributed by atoms with van der Waals surface area (Å²) in [5.74, 6) is 0.823. The maximum absolute atomic E-state index is 13.3. The molecule has 38 heavy (non-hydrogen) atoms. The second kappa shape index (κ2) is 10.9. The van der Waals surface area contributed by atoms with E-state index in [9.17, 15) is 19.2 Å². The third-order valence-corrected chi connectivity index (χ3v) is 7.25. The van der Waals surface area contributed by atoms with Crippen LogP contribution in [0.15, 0.2) is 69.6 Å². The number of anilines is 1. The van der Waals surface area contributed by atoms with Gasteiger partial charge in [0, 0.05) is 32.2 Å². The number of amides is 2. The number of carbonyl (C=O) groups excluding carboxylic acids is 2. The lowest BCUT2D eigenvalue weighted by atomic mass is 10.2. The Hall–Kier alpha value is -4.38. The average molecular weight is 535 g/mol. The number of hydrogen-bond donors (Lipinski definition) is 1. The molecule has 11 heteroatoms. The summed E-state index contributed by atoms with van der Waals surface area (Å²) in [4.78, 5) is 53.2. The highest BCUT2D eigenvalue weighted by Gasteiger charge is 2.19. The van der Waals surface area contributed by atoms with Crippen molar-refractivity contribution in [2.45, 2.75) is 32.5 Å². The van der Waals surface area contributed by atoms with E-state index >= 15 is 0 Å². The Morgan fingerprint density at radius 2 is 1.82 bits per heavy atom. The van der Waals surface area contributed by atoms with Crippen LogP contribution in [0.1, 0.15) is 18.4 Å². The van der Waals surface area contributed by atoms with Crippen LogP contribution in [0, 0.1) is 0 Å². The molecule has 1 aliphatic heterocycles. The summed E-state index contributed by atoms with van der Waals surface area (Å²) in [6.45, 7) is 0.348. The number of likely N-dealkylation sites (N-methyl/N-ethyl adjacent to an activating group) is 1. The van der Waals surface area contributed by atoms with Crippen LogP contribution in [-0.4, -0.2) is 34.8 Å². The van der Waals surface area contributed by atoms with E-state index in [1.54, 1.807) is 36.7 Å². The molecule has 2 aromatic heterocycles. The standard InChI is InChI=1S/C27H26N4O6S/c1-29(19-6-3-2-4-7-19)24(33)16-31-20-11-13-38-25(20)26(34)30(27(31)35)12-5-8-23(32)28-15-18-9-10-21-22(14-18)37-17-36-21/h2-4,6-7,9-11,13-14H,5,8,12,15-17H2,1H3,(H,28,32). The van der Waals surface area contributed by atoms with Crippen molar-refractivity contribution in [2.24, 2.45) is 0 Å². The van der Waals surface area contributed by atoms with Crippen LogP contribution >= 0.6 is 11.3 Å². The number of thiophene rings is 1. The minimum atomic E-state index is -0.573. The molecule has 0 saturated heterocycles. The van der Waals surface area contributed by atoms with Crippen molar-refractivity contribution in [3.05, 3.63) is 86.4 Å². The van der Waals surface area contributed by atoms with Crippen LogP contribution in [0.4, 0.5) is 5.69 Å². The Kier molecular flexibility index (Phi) is 7.27. The van der Waals surface area contributed by atoms with Crippen LogP contribution in [0.5, 0.6) is 11.5 Å². The zero-order valence-corrected chi connectivity index (χ0v) is 21.5. The first-order valence-corrected chi connectivity index (χ1v) is 13.0. The van der Waals surface area contributed by atoms with Crippen molar-refractivity contribution in [1.82, 2.24) is 14.5 Å². The maximum atomic E-state index is 13.3. The Labute approximate surface area is 221 Å². The van der Waals surface area contributed by atoms with E-state index in [1.165, 1.54) is 20.8 Å². The molecular formula is C27H26N4O6S. The van der Waals surface area contributed by atoms with E-state index in [2.05, 4.69) is 5.32 Å². The zero-order valence-electron chi connectivity index (χ0n) is 20.7. The van der Waals surface area contributed by atoms with Crippen LogP contribution in [-0.2, 0) is 29.2 Å². The molecule has 5 rings (SSSR count). The third kappa shape index (κ3) is 5.18. The second-order valence-electron chi connectivity index (χ2n) is 8.82. The molecule has 4 aromatic rings. The first-order chi connectivity index (χ1) is 18.4. The van der Waals surface area contributed by atoms with Gasteiger partial charge < -0.3 is 19.7 Å². The largest absolute Gasteiger partial charge is 0.454 e. The average Bonchev–Trinajstić information content (AvgIpc) is 3.61. The monoisotopic (exact) mass is 534 g/mol. The highest BCUT2D eigenvalue weighted by Crippen LogP contribution is 2.32. The van der Waals surface area contributed by atoms with Gasteiger partial charge in [0.1, 0.15) is 11.2 Å². The number of aromatic nitrogens is 2. The van der Waals surface area contributed by atoms with Gasteiger partial charge >= 0.3 is 5.69 Å². The number of hydrogen-bond acceptors (Lipinski definition) is 7. The van der Waals surface area contributed by atoms with Crippen LogP contribution in [0.25, 0.3) is 10.2 Å². The Balaban J connectivity index is 1.25. The summed E-state index contributed by atoms with van der Waals surface area (Å²) in [5, 5.41) is 4.57. The van der Waals surface area contributed by atoms with E-state index in [4.69, 9.17) is 9.47 Å². The lowest BCUT2D eigenvalue weighted by Gasteiger charge is -2.19. The first kappa shape index (κ1) is 25.3. The summed E-state index contributed by atoms with van der Waals surface area (Å²) in [6, 6.07) is 16.3. The molecule has 10 nitrogen and oxygen atoms in total. The SMILES string of the molecule is CN(C(=O)Cn1c(=O)n(CCCC(=O)NCc2ccc3c(c2)OCO3)c(=O)c2sccc21)c1ccccc1. The molecule has 0 saturated carbocycles. The van der Waals surface area contributed by atoms with Gasteiger partial charge in [0.2, 0.25) is 18.6 Å². The second-order valence-corrected chi connectivity index (χ2v) is 9.73. The minimum absolute atomic E-state index is 0.0612. The van der Waals surface area contributed by atoms with Gasteiger partial charge in [-0.3, -0.25) is 23.5 Å². The van der Waals surface area contributed by atoms with E-state index in [1.807, 2.05) is 30.3 Å². The molecular weight excluding hydrogens is 508 g/mol. The molecule has 0 bridgehead atoms. The van der Waals surface area contributed by atoms with E-state index in [0.717, 1.165) is 10.1 Å². The number of nitrogens with one attached hydrogen (secondary N) is 1. The smallest absolute Gasteiger partial charge is 0.332 e. The summed E-state index contributed by atoms with van der Waals surface area (Å²) in [6.07, 6.45) is 0.422. The molecule has 1 N–H and O–H groups in total. The number of fused-ring (bicyclic) bond motifs is 2. The van der Waals surface area contributed by atoms with Crippen LogP contribution in [0.3, 0.4) is 0 Å². The Bertz CT molecular complexity index is 1610. The molecule has 2 aromatic carbocycles. The quantitative estimate of drug-likeness (QED) is 0.354. The van der Waals surface area contributed by atoms with Gasteiger partial charge in [-0.2, -0.15) is 0 Å². The fraction of sp³-hybridized carbons (Fsp3) is 0.259.